The minimum Gasteiger partial charge on any atom is -0.212 e. The minimum atomic E-state index is -3.34. The molecule has 1 aliphatic carbocycles. The van der Waals surface area contributed by atoms with Crippen molar-refractivity contribution in [2.24, 2.45) is 0 Å². The Bertz CT molecular complexity index is 751. The number of rotatable bonds is 4. The molecule has 2 aromatic carbocycles. The summed E-state index contributed by atoms with van der Waals surface area (Å²) in [5, 5.41) is 0. The van der Waals surface area contributed by atoms with Gasteiger partial charge in [-0.2, -0.15) is 0 Å². The zero-order chi connectivity index (χ0) is 15.6. The minimum absolute atomic E-state index is 0.0337. The van der Waals surface area contributed by atoms with Crippen LogP contribution in [0.25, 0.3) is 0 Å². The van der Waals surface area contributed by atoms with Crippen LogP contribution in [-0.2, 0) is 22.2 Å². The number of nitrogens with one attached hydrogen (secondary N) is 1. The molecule has 0 bridgehead atoms. The number of benzene rings is 2. The predicted molar refractivity (Wildman–Crippen MR) is 89.1 cm³/mol. The molecule has 0 saturated carbocycles. The molecule has 116 valence electrons. The molecule has 22 heavy (non-hydrogen) atoms. The van der Waals surface area contributed by atoms with Gasteiger partial charge in [-0.1, -0.05) is 54.1 Å². The highest BCUT2D eigenvalue weighted by Gasteiger charge is 2.24. The summed E-state index contributed by atoms with van der Waals surface area (Å²) in [4.78, 5) is 0. The first-order chi connectivity index (χ1) is 10.5. The van der Waals surface area contributed by atoms with Gasteiger partial charge < -0.3 is 0 Å². The van der Waals surface area contributed by atoms with Crippen LogP contribution in [0, 0.1) is 6.92 Å². The molecule has 0 fully saturated rings. The fourth-order valence-corrected chi connectivity index (χ4v) is 4.43. The third kappa shape index (κ3) is 3.57. The van der Waals surface area contributed by atoms with Crippen LogP contribution in [-0.4, -0.2) is 8.42 Å². The van der Waals surface area contributed by atoms with Crippen LogP contribution in [0.15, 0.2) is 48.5 Å². The summed E-state index contributed by atoms with van der Waals surface area (Å²) < 4.78 is 27.8. The van der Waals surface area contributed by atoms with Crippen molar-refractivity contribution < 1.29 is 8.42 Å². The lowest BCUT2D eigenvalue weighted by Gasteiger charge is -2.26. The van der Waals surface area contributed by atoms with Crippen molar-refractivity contribution in [2.45, 2.75) is 38.0 Å². The Labute approximate surface area is 132 Å². The van der Waals surface area contributed by atoms with Crippen LogP contribution >= 0.6 is 0 Å². The van der Waals surface area contributed by atoms with E-state index >= 15 is 0 Å². The van der Waals surface area contributed by atoms with E-state index in [1.807, 2.05) is 49.4 Å². The molecule has 1 aliphatic rings. The van der Waals surface area contributed by atoms with Gasteiger partial charge in [0.05, 0.1) is 5.75 Å². The zero-order valence-corrected chi connectivity index (χ0v) is 13.6. The third-order valence-electron chi connectivity index (χ3n) is 4.17. The van der Waals surface area contributed by atoms with Gasteiger partial charge in [0.1, 0.15) is 0 Å². The van der Waals surface area contributed by atoms with Crippen LogP contribution in [0.4, 0.5) is 0 Å². The van der Waals surface area contributed by atoms with E-state index in [9.17, 15) is 8.42 Å². The number of aryl methyl sites for hydroxylation is 2. The highest BCUT2D eigenvalue weighted by Crippen LogP contribution is 2.30. The molecule has 0 saturated heterocycles. The van der Waals surface area contributed by atoms with Crippen LogP contribution in [0.2, 0.25) is 0 Å². The molecule has 0 spiro atoms. The molecule has 1 N–H and O–H groups in total. The number of fused-ring (bicyclic) bond motifs is 1. The van der Waals surface area contributed by atoms with Crippen LogP contribution in [0.5, 0.6) is 0 Å². The van der Waals surface area contributed by atoms with E-state index in [2.05, 4.69) is 10.8 Å². The van der Waals surface area contributed by atoms with E-state index in [-0.39, 0.29) is 11.8 Å². The zero-order valence-electron chi connectivity index (χ0n) is 12.7. The third-order valence-corrected chi connectivity index (χ3v) is 5.53. The molecular formula is C18H21NO2S. The van der Waals surface area contributed by atoms with Crippen molar-refractivity contribution in [3.8, 4) is 0 Å². The van der Waals surface area contributed by atoms with E-state index in [1.165, 1.54) is 5.56 Å². The molecule has 1 atom stereocenters. The van der Waals surface area contributed by atoms with E-state index in [0.29, 0.717) is 0 Å². The van der Waals surface area contributed by atoms with Gasteiger partial charge in [0.2, 0.25) is 10.0 Å². The van der Waals surface area contributed by atoms with Crippen LogP contribution in [0.3, 0.4) is 0 Å². The number of sulfonamides is 1. The maximum atomic E-state index is 12.5. The monoisotopic (exact) mass is 315 g/mol. The molecule has 0 unspecified atom stereocenters. The van der Waals surface area contributed by atoms with Gasteiger partial charge in [-0.15, -0.1) is 0 Å². The normalized spacial score (nSPS) is 18.0. The highest BCUT2D eigenvalue weighted by atomic mass is 32.2. The standard InChI is InChI=1S/C18H21NO2S/c1-14-9-11-15(12-10-14)13-22(20,21)19-18-8-4-6-16-5-2-3-7-17(16)18/h2-3,5,7,9-12,18-19H,4,6,8,13H2,1H3/t18-/m0/s1. The molecule has 0 amide bonds. The van der Waals surface area contributed by atoms with Gasteiger partial charge in [0.15, 0.2) is 0 Å². The Morgan fingerprint density at radius 1 is 1.09 bits per heavy atom. The lowest BCUT2D eigenvalue weighted by molar-refractivity contribution is 0.507. The van der Waals surface area contributed by atoms with E-state index in [4.69, 9.17) is 0 Å². The summed E-state index contributed by atoms with van der Waals surface area (Å²) in [6.07, 6.45) is 2.92. The van der Waals surface area contributed by atoms with Crippen molar-refractivity contribution in [2.75, 3.05) is 0 Å². The smallest absolute Gasteiger partial charge is 0.212 e. The molecule has 0 radical (unpaired) electrons. The summed E-state index contributed by atoms with van der Waals surface area (Å²) in [5.74, 6) is 0.0337. The van der Waals surface area contributed by atoms with Gasteiger partial charge in [0, 0.05) is 6.04 Å². The van der Waals surface area contributed by atoms with Gasteiger partial charge in [-0.25, -0.2) is 13.1 Å². The van der Waals surface area contributed by atoms with E-state index in [0.717, 1.165) is 36.0 Å². The van der Waals surface area contributed by atoms with Crippen molar-refractivity contribution in [3.63, 3.8) is 0 Å². The summed E-state index contributed by atoms with van der Waals surface area (Å²) in [5.41, 5.74) is 4.34. The SMILES string of the molecule is Cc1ccc(CS(=O)(=O)N[C@H]2CCCc3ccccc32)cc1. The van der Waals surface area contributed by atoms with Crippen LogP contribution in [0.1, 0.15) is 41.1 Å². The maximum absolute atomic E-state index is 12.5. The Hall–Kier alpha value is -1.65. The number of hydrogen-bond acceptors (Lipinski definition) is 2. The summed E-state index contributed by atoms with van der Waals surface area (Å²) in [6, 6.07) is 15.7. The molecule has 3 nitrogen and oxygen atoms in total. The Balaban J connectivity index is 1.76. The Morgan fingerprint density at radius 3 is 2.59 bits per heavy atom. The van der Waals surface area contributed by atoms with Crippen molar-refractivity contribution >= 4 is 10.0 Å². The molecule has 0 aliphatic heterocycles. The average molecular weight is 315 g/mol. The average Bonchev–Trinajstić information content (AvgIpc) is 2.49. The van der Waals surface area contributed by atoms with Gasteiger partial charge in [0.25, 0.3) is 0 Å². The molecule has 2 aromatic rings. The van der Waals surface area contributed by atoms with Gasteiger partial charge in [-0.05, 0) is 42.9 Å². The highest BCUT2D eigenvalue weighted by molar-refractivity contribution is 7.88. The van der Waals surface area contributed by atoms with Crippen molar-refractivity contribution in [3.05, 3.63) is 70.8 Å². The topological polar surface area (TPSA) is 46.2 Å². The maximum Gasteiger partial charge on any atom is 0.216 e. The van der Waals surface area contributed by atoms with Crippen molar-refractivity contribution in [1.29, 1.82) is 0 Å². The Kier molecular flexibility index (Phi) is 4.32. The lowest BCUT2D eigenvalue weighted by atomic mass is 9.88. The number of hydrogen-bond donors (Lipinski definition) is 1. The first kappa shape index (κ1) is 15.3. The van der Waals surface area contributed by atoms with E-state index < -0.39 is 10.0 Å². The molecule has 0 heterocycles. The predicted octanol–water partition coefficient (Wildman–Crippen LogP) is 3.49. The summed E-state index contributed by atoms with van der Waals surface area (Å²) >= 11 is 0. The second kappa shape index (κ2) is 6.23. The van der Waals surface area contributed by atoms with E-state index in [1.54, 1.807) is 0 Å². The second-order valence-corrected chi connectivity index (χ2v) is 7.76. The fraction of sp³-hybridized carbons (Fsp3) is 0.333. The van der Waals surface area contributed by atoms with Crippen LogP contribution < -0.4 is 4.72 Å². The van der Waals surface area contributed by atoms with Gasteiger partial charge >= 0.3 is 0 Å². The first-order valence-electron chi connectivity index (χ1n) is 7.67. The molecule has 0 aromatic heterocycles. The molecular weight excluding hydrogens is 294 g/mol. The lowest BCUT2D eigenvalue weighted by Crippen LogP contribution is -2.31. The molecule has 4 heteroatoms. The Morgan fingerprint density at radius 2 is 1.82 bits per heavy atom. The summed E-state index contributed by atoms with van der Waals surface area (Å²) in [6.45, 7) is 2.00. The summed E-state index contributed by atoms with van der Waals surface area (Å²) in [7, 11) is -3.34. The first-order valence-corrected chi connectivity index (χ1v) is 9.32. The largest absolute Gasteiger partial charge is 0.216 e. The molecule has 3 rings (SSSR count). The quantitative estimate of drug-likeness (QED) is 0.938. The fourth-order valence-electron chi connectivity index (χ4n) is 3.04. The second-order valence-electron chi connectivity index (χ2n) is 6.01. The van der Waals surface area contributed by atoms with Gasteiger partial charge in [-0.3, -0.25) is 0 Å². The van der Waals surface area contributed by atoms with Crippen molar-refractivity contribution in [1.82, 2.24) is 4.72 Å².